The van der Waals surface area contributed by atoms with Crippen LogP contribution in [-0.2, 0) is 9.59 Å². The third kappa shape index (κ3) is 3.11. The Kier molecular flexibility index (Phi) is 4.10. The summed E-state index contributed by atoms with van der Waals surface area (Å²) in [5.74, 6) is 0.961. The molecule has 0 fully saturated rings. The Hall–Kier alpha value is -2.35. The highest BCUT2D eigenvalue weighted by molar-refractivity contribution is 7.22. The van der Waals surface area contributed by atoms with Gasteiger partial charge in [-0.05, 0) is 0 Å². The van der Waals surface area contributed by atoms with Gasteiger partial charge in [0.05, 0.1) is 10.2 Å². The second-order valence-corrected chi connectivity index (χ2v) is 5.73. The van der Waals surface area contributed by atoms with Crippen molar-refractivity contribution in [1.29, 1.82) is 0 Å². The lowest BCUT2D eigenvalue weighted by Crippen LogP contribution is -2.20. The van der Waals surface area contributed by atoms with Crippen LogP contribution in [0.3, 0.4) is 0 Å². The summed E-state index contributed by atoms with van der Waals surface area (Å²) >= 11 is 1.36. The molecule has 2 heterocycles. The van der Waals surface area contributed by atoms with Gasteiger partial charge in [0.2, 0.25) is 11.8 Å². The zero-order valence-corrected chi connectivity index (χ0v) is 12.8. The number of ether oxygens (including phenoxy) is 2. The van der Waals surface area contributed by atoms with Gasteiger partial charge in [0, 0.05) is 32.0 Å². The van der Waals surface area contributed by atoms with Gasteiger partial charge in [-0.25, -0.2) is 4.98 Å². The maximum absolute atomic E-state index is 11.8. The fraction of sp³-hybridized carbons (Fsp3) is 0.357. The third-order valence-corrected chi connectivity index (χ3v) is 4.09. The van der Waals surface area contributed by atoms with Gasteiger partial charge in [-0.15, -0.1) is 0 Å². The Morgan fingerprint density at radius 3 is 2.59 bits per heavy atom. The fourth-order valence-electron chi connectivity index (χ4n) is 2.05. The van der Waals surface area contributed by atoms with E-state index in [-0.39, 0.29) is 24.7 Å². The van der Waals surface area contributed by atoms with Crippen LogP contribution >= 0.6 is 11.3 Å². The minimum Gasteiger partial charge on any atom is -0.486 e. The monoisotopic (exact) mass is 321 g/mol. The predicted molar refractivity (Wildman–Crippen MR) is 82.5 cm³/mol. The summed E-state index contributed by atoms with van der Waals surface area (Å²) in [6.07, 6.45) is 0.279. The first-order valence-corrected chi connectivity index (χ1v) is 7.68. The average molecular weight is 321 g/mol. The van der Waals surface area contributed by atoms with Gasteiger partial charge >= 0.3 is 0 Å². The van der Waals surface area contributed by atoms with Crippen molar-refractivity contribution < 1.29 is 19.1 Å². The van der Waals surface area contributed by atoms with E-state index in [2.05, 4.69) is 15.6 Å². The Morgan fingerprint density at radius 2 is 1.86 bits per heavy atom. The fourth-order valence-corrected chi connectivity index (χ4v) is 2.94. The largest absolute Gasteiger partial charge is 0.486 e. The zero-order valence-electron chi connectivity index (χ0n) is 12.0. The number of nitrogens with one attached hydrogen (secondary N) is 2. The van der Waals surface area contributed by atoms with Crippen molar-refractivity contribution >= 4 is 38.5 Å². The van der Waals surface area contributed by atoms with Crippen molar-refractivity contribution in [2.45, 2.75) is 12.8 Å². The van der Waals surface area contributed by atoms with Crippen molar-refractivity contribution in [2.75, 3.05) is 25.6 Å². The predicted octanol–water partition coefficient (Wildman–Crippen LogP) is 1.53. The van der Waals surface area contributed by atoms with Crippen LogP contribution in [0.15, 0.2) is 12.1 Å². The average Bonchev–Trinajstić information content (AvgIpc) is 2.91. The molecule has 22 heavy (non-hydrogen) atoms. The van der Waals surface area contributed by atoms with Crippen LogP contribution < -0.4 is 20.1 Å². The summed E-state index contributed by atoms with van der Waals surface area (Å²) in [4.78, 5) is 27.3. The van der Waals surface area contributed by atoms with E-state index < -0.39 is 0 Å². The molecule has 0 aliphatic carbocycles. The summed E-state index contributed by atoms with van der Waals surface area (Å²) in [7, 11) is 1.54. The van der Waals surface area contributed by atoms with E-state index >= 15 is 0 Å². The number of fused-ring (bicyclic) bond motifs is 2. The minimum absolute atomic E-state index is 0.123. The molecule has 2 amide bonds. The number of benzene rings is 1. The number of carbonyl (C=O) groups is 2. The van der Waals surface area contributed by atoms with E-state index in [1.807, 2.05) is 6.07 Å². The van der Waals surface area contributed by atoms with Crippen molar-refractivity contribution in [1.82, 2.24) is 10.3 Å². The lowest BCUT2D eigenvalue weighted by molar-refractivity contribution is -0.124. The number of hydrogen-bond acceptors (Lipinski definition) is 6. The molecule has 8 heteroatoms. The molecule has 7 nitrogen and oxygen atoms in total. The number of anilines is 1. The van der Waals surface area contributed by atoms with Crippen molar-refractivity contribution in [3.8, 4) is 11.5 Å². The Bertz CT molecular complexity index is 685. The molecule has 0 bridgehead atoms. The van der Waals surface area contributed by atoms with Gasteiger partial charge in [-0.2, -0.15) is 0 Å². The highest BCUT2D eigenvalue weighted by atomic mass is 32.1. The number of aromatic nitrogens is 1. The molecule has 1 aromatic carbocycles. The SMILES string of the molecule is CNC(=O)CCC(=O)Nc1nc2cc3c(cc2s1)OCCO3. The second-order valence-electron chi connectivity index (χ2n) is 4.70. The number of amides is 2. The Labute approximate surface area is 130 Å². The van der Waals surface area contributed by atoms with Gasteiger partial charge in [0.25, 0.3) is 0 Å². The number of carbonyl (C=O) groups excluding carboxylic acids is 2. The van der Waals surface area contributed by atoms with Crippen molar-refractivity contribution in [2.24, 2.45) is 0 Å². The van der Waals surface area contributed by atoms with E-state index in [0.717, 1.165) is 10.2 Å². The van der Waals surface area contributed by atoms with Crippen LogP contribution in [0.4, 0.5) is 5.13 Å². The van der Waals surface area contributed by atoms with E-state index in [1.165, 1.54) is 11.3 Å². The van der Waals surface area contributed by atoms with Crippen LogP contribution in [-0.4, -0.2) is 37.1 Å². The topological polar surface area (TPSA) is 89.6 Å². The Balaban J connectivity index is 1.72. The Morgan fingerprint density at radius 1 is 1.18 bits per heavy atom. The maximum Gasteiger partial charge on any atom is 0.226 e. The molecule has 0 spiro atoms. The lowest BCUT2D eigenvalue weighted by Gasteiger charge is -2.17. The standard InChI is InChI=1S/C14H15N3O4S/c1-15-12(18)2-3-13(19)17-14-16-8-6-9-10(7-11(8)22-14)21-5-4-20-9/h6-7H,2-5H2,1H3,(H,15,18)(H,16,17,19). The van der Waals surface area contributed by atoms with Gasteiger partial charge in [-0.3, -0.25) is 9.59 Å². The molecule has 1 aromatic heterocycles. The molecule has 116 valence electrons. The first-order valence-electron chi connectivity index (χ1n) is 6.86. The van der Waals surface area contributed by atoms with Gasteiger partial charge in [0.15, 0.2) is 16.6 Å². The zero-order chi connectivity index (χ0) is 15.5. The lowest BCUT2D eigenvalue weighted by atomic mass is 10.3. The maximum atomic E-state index is 11.8. The van der Waals surface area contributed by atoms with Crippen LogP contribution in [0.2, 0.25) is 0 Å². The molecule has 2 N–H and O–H groups in total. The molecule has 3 rings (SSSR count). The molecular formula is C14H15N3O4S. The molecule has 2 aromatic rings. The summed E-state index contributed by atoms with van der Waals surface area (Å²) in [5, 5.41) is 5.68. The van der Waals surface area contributed by atoms with E-state index in [9.17, 15) is 9.59 Å². The van der Waals surface area contributed by atoms with E-state index in [1.54, 1.807) is 13.1 Å². The summed E-state index contributed by atoms with van der Waals surface area (Å²) in [6, 6.07) is 3.67. The smallest absolute Gasteiger partial charge is 0.226 e. The molecule has 0 saturated carbocycles. The molecule has 0 unspecified atom stereocenters. The first-order chi connectivity index (χ1) is 10.7. The normalized spacial score (nSPS) is 13.0. The molecule has 0 atom stereocenters. The number of nitrogens with zero attached hydrogens (tertiary/aromatic N) is 1. The molecule has 1 aliphatic heterocycles. The minimum atomic E-state index is -0.236. The molecule has 1 aliphatic rings. The summed E-state index contributed by atoms with van der Waals surface area (Å²) in [6.45, 7) is 1.05. The van der Waals surface area contributed by atoms with Crippen LogP contribution in [0, 0.1) is 0 Å². The van der Waals surface area contributed by atoms with Gasteiger partial charge < -0.3 is 20.1 Å². The molecule has 0 radical (unpaired) electrons. The van der Waals surface area contributed by atoms with Crippen LogP contribution in [0.25, 0.3) is 10.2 Å². The van der Waals surface area contributed by atoms with E-state index in [4.69, 9.17) is 9.47 Å². The molecular weight excluding hydrogens is 306 g/mol. The van der Waals surface area contributed by atoms with Crippen LogP contribution in [0.5, 0.6) is 11.5 Å². The number of rotatable bonds is 4. The number of hydrogen-bond donors (Lipinski definition) is 2. The van der Waals surface area contributed by atoms with Crippen molar-refractivity contribution in [3.63, 3.8) is 0 Å². The van der Waals surface area contributed by atoms with Gasteiger partial charge in [0.1, 0.15) is 13.2 Å². The first kappa shape index (κ1) is 14.6. The summed E-state index contributed by atoms with van der Waals surface area (Å²) in [5.41, 5.74) is 0.746. The van der Waals surface area contributed by atoms with E-state index in [0.29, 0.717) is 29.8 Å². The van der Waals surface area contributed by atoms with Crippen molar-refractivity contribution in [3.05, 3.63) is 12.1 Å². The summed E-state index contributed by atoms with van der Waals surface area (Å²) < 4.78 is 11.9. The highest BCUT2D eigenvalue weighted by Gasteiger charge is 2.16. The second kappa shape index (κ2) is 6.18. The highest BCUT2D eigenvalue weighted by Crippen LogP contribution is 2.37. The molecule has 0 saturated heterocycles. The third-order valence-electron chi connectivity index (χ3n) is 3.16. The van der Waals surface area contributed by atoms with Crippen LogP contribution in [0.1, 0.15) is 12.8 Å². The quantitative estimate of drug-likeness (QED) is 0.891. The van der Waals surface area contributed by atoms with Gasteiger partial charge in [-0.1, -0.05) is 11.3 Å². The number of thiazole rings is 1.